The number of hydrogen-bond donors (Lipinski definition) is 2. The lowest BCUT2D eigenvalue weighted by atomic mass is 10.2. The summed E-state index contributed by atoms with van der Waals surface area (Å²) in [5, 5.41) is 9.03. The third-order valence-electron chi connectivity index (χ3n) is 2.63. The van der Waals surface area contributed by atoms with Crippen molar-refractivity contribution in [2.75, 3.05) is 12.0 Å². The van der Waals surface area contributed by atoms with E-state index in [1.165, 1.54) is 18.7 Å². The summed E-state index contributed by atoms with van der Waals surface area (Å²) in [6, 6.07) is 2.04. The number of thioether (sulfide) groups is 1. The third kappa shape index (κ3) is 4.46. The summed E-state index contributed by atoms with van der Waals surface area (Å²) in [7, 11) is -3.99. The molecule has 112 valence electrons. The van der Waals surface area contributed by atoms with E-state index in [1.807, 2.05) is 0 Å². The first-order valence-electron chi connectivity index (χ1n) is 5.78. The summed E-state index contributed by atoms with van der Waals surface area (Å²) in [6.07, 6.45) is 1.98. The normalized spacial score (nSPS) is 13.2. The second-order valence-electron chi connectivity index (χ2n) is 4.20. The Morgan fingerprint density at radius 3 is 2.65 bits per heavy atom. The maximum Gasteiger partial charge on any atom is 0.321 e. The lowest BCUT2D eigenvalue weighted by Gasteiger charge is -2.15. The maximum atomic E-state index is 13.0. The van der Waals surface area contributed by atoms with Crippen LogP contribution in [-0.2, 0) is 14.8 Å². The van der Waals surface area contributed by atoms with Crippen molar-refractivity contribution in [1.82, 2.24) is 4.72 Å². The van der Waals surface area contributed by atoms with Crippen LogP contribution in [0.4, 0.5) is 4.39 Å². The standard InChI is InChI=1S/C12H16FNO4S2/c1-8-7-9(13)3-4-11(8)20(17,18)14-10(12(15)16)5-6-19-2/h3-4,7,10,14H,5-6H2,1-2H3,(H,15,16). The highest BCUT2D eigenvalue weighted by Crippen LogP contribution is 2.17. The van der Waals surface area contributed by atoms with Crippen molar-refractivity contribution in [3.63, 3.8) is 0 Å². The molecule has 1 aromatic carbocycles. The van der Waals surface area contributed by atoms with Crippen molar-refractivity contribution in [2.45, 2.75) is 24.3 Å². The van der Waals surface area contributed by atoms with Gasteiger partial charge in [0.15, 0.2) is 0 Å². The molecule has 0 saturated heterocycles. The van der Waals surface area contributed by atoms with Gasteiger partial charge in [0.2, 0.25) is 10.0 Å². The van der Waals surface area contributed by atoms with Gasteiger partial charge in [-0.05, 0) is 49.1 Å². The van der Waals surface area contributed by atoms with Crippen LogP contribution >= 0.6 is 11.8 Å². The molecule has 0 bridgehead atoms. The van der Waals surface area contributed by atoms with Gasteiger partial charge < -0.3 is 5.11 Å². The molecule has 0 heterocycles. The SMILES string of the molecule is CSCCC(NS(=O)(=O)c1ccc(F)cc1C)C(=O)O. The number of aliphatic carboxylic acids is 1. The van der Waals surface area contributed by atoms with Gasteiger partial charge in [-0.15, -0.1) is 0 Å². The number of hydrogen-bond acceptors (Lipinski definition) is 4. The lowest BCUT2D eigenvalue weighted by molar-refractivity contribution is -0.139. The van der Waals surface area contributed by atoms with Crippen molar-refractivity contribution >= 4 is 27.8 Å². The van der Waals surface area contributed by atoms with Crippen LogP contribution in [0.25, 0.3) is 0 Å². The van der Waals surface area contributed by atoms with Gasteiger partial charge in [-0.25, -0.2) is 12.8 Å². The first-order valence-corrected chi connectivity index (χ1v) is 8.66. The van der Waals surface area contributed by atoms with E-state index >= 15 is 0 Å². The van der Waals surface area contributed by atoms with Crippen LogP contribution in [0.2, 0.25) is 0 Å². The fourth-order valence-electron chi connectivity index (χ4n) is 1.63. The zero-order chi connectivity index (χ0) is 15.3. The maximum absolute atomic E-state index is 13.0. The van der Waals surface area contributed by atoms with Gasteiger partial charge in [-0.1, -0.05) is 0 Å². The Labute approximate surface area is 121 Å². The number of aryl methyl sites for hydroxylation is 1. The average molecular weight is 321 g/mol. The predicted octanol–water partition coefficient (Wildman–Crippen LogP) is 1.62. The Bertz CT molecular complexity index is 589. The lowest BCUT2D eigenvalue weighted by Crippen LogP contribution is -2.41. The molecular weight excluding hydrogens is 305 g/mol. The Balaban J connectivity index is 3.00. The van der Waals surface area contributed by atoms with E-state index in [0.717, 1.165) is 18.2 Å². The summed E-state index contributed by atoms with van der Waals surface area (Å²) < 4.78 is 39.4. The van der Waals surface area contributed by atoms with E-state index in [9.17, 15) is 17.6 Å². The molecule has 2 N–H and O–H groups in total. The molecule has 5 nitrogen and oxygen atoms in total. The van der Waals surface area contributed by atoms with Crippen LogP contribution in [0.15, 0.2) is 23.1 Å². The molecule has 0 aromatic heterocycles. The molecule has 0 spiro atoms. The first-order chi connectivity index (χ1) is 9.27. The smallest absolute Gasteiger partial charge is 0.321 e. The minimum absolute atomic E-state index is 0.116. The first kappa shape index (κ1) is 16.9. The van der Waals surface area contributed by atoms with Crippen LogP contribution in [0.5, 0.6) is 0 Å². The van der Waals surface area contributed by atoms with Gasteiger partial charge in [0, 0.05) is 0 Å². The van der Waals surface area contributed by atoms with Gasteiger partial charge >= 0.3 is 5.97 Å². The van der Waals surface area contributed by atoms with Crippen molar-refractivity contribution < 1.29 is 22.7 Å². The minimum atomic E-state index is -3.99. The summed E-state index contributed by atoms with van der Waals surface area (Å²) in [5.74, 6) is -1.26. The van der Waals surface area contributed by atoms with Crippen molar-refractivity contribution in [3.05, 3.63) is 29.6 Å². The second kappa shape index (κ2) is 7.05. The Morgan fingerprint density at radius 1 is 1.50 bits per heavy atom. The molecule has 1 unspecified atom stereocenters. The largest absolute Gasteiger partial charge is 0.480 e. The monoisotopic (exact) mass is 321 g/mol. The van der Waals surface area contributed by atoms with Crippen LogP contribution in [-0.4, -0.2) is 37.5 Å². The number of rotatable bonds is 7. The number of carboxylic acid groups (broad SMARTS) is 1. The molecule has 1 aromatic rings. The van der Waals surface area contributed by atoms with Crippen molar-refractivity contribution in [2.24, 2.45) is 0 Å². The molecule has 0 amide bonds. The number of carbonyl (C=O) groups is 1. The molecule has 0 saturated carbocycles. The van der Waals surface area contributed by atoms with Gasteiger partial charge in [-0.3, -0.25) is 4.79 Å². The molecule has 0 aliphatic heterocycles. The fraction of sp³-hybridized carbons (Fsp3) is 0.417. The quantitative estimate of drug-likeness (QED) is 0.797. The predicted molar refractivity (Wildman–Crippen MR) is 75.9 cm³/mol. The molecular formula is C12H16FNO4S2. The number of sulfonamides is 1. The molecule has 0 fully saturated rings. The van der Waals surface area contributed by atoms with Crippen LogP contribution < -0.4 is 4.72 Å². The average Bonchev–Trinajstić information content (AvgIpc) is 2.33. The van der Waals surface area contributed by atoms with E-state index < -0.39 is 27.9 Å². The van der Waals surface area contributed by atoms with Gasteiger partial charge in [0.05, 0.1) is 4.90 Å². The molecule has 8 heteroatoms. The zero-order valence-electron chi connectivity index (χ0n) is 11.1. The van der Waals surface area contributed by atoms with E-state index in [-0.39, 0.29) is 16.9 Å². The van der Waals surface area contributed by atoms with Crippen molar-refractivity contribution in [1.29, 1.82) is 0 Å². The Morgan fingerprint density at radius 2 is 2.15 bits per heavy atom. The number of halogens is 1. The highest BCUT2D eigenvalue weighted by Gasteiger charge is 2.26. The van der Waals surface area contributed by atoms with Crippen LogP contribution in [0, 0.1) is 12.7 Å². The summed E-state index contributed by atoms with van der Waals surface area (Å²) in [5.41, 5.74) is 0.228. The molecule has 20 heavy (non-hydrogen) atoms. The van der Waals surface area contributed by atoms with Crippen molar-refractivity contribution in [3.8, 4) is 0 Å². The van der Waals surface area contributed by atoms with Crippen LogP contribution in [0.3, 0.4) is 0 Å². The van der Waals surface area contributed by atoms with E-state index in [0.29, 0.717) is 5.75 Å². The molecule has 0 aliphatic rings. The molecule has 1 rings (SSSR count). The topological polar surface area (TPSA) is 83.5 Å². The number of benzene rings is 1. The summed E-state index contributed by atoms with van der Waals surface area (Å²) >= 11 is 1.43. The van der Waals surface area contributed by atoms with E-state index in [4.69, 9.17) is 5.11 Å². The summed E-state index contributed by atoms with van der Waals surface area (Å²) in [4.78, 5) is 10.9. The minimum Gasteiger partial charge on any atom is -0.480 e. The second-order valence-corrected chi connectivity index (χ2v) is 6.87. The number of nitrogens with one attached hydrogen (secondary N) is 1. The molecule has 0 radical (unpaired) electrons. The number of carboxylic acids is 1. The molecule has 0 aliphatic carbocycles. The third-order valence-corrected chi connectivity index (χ3v) is 4.91. The zero-order valence-corrected chi connectivity index (χ0v) is 12.7. The van der Waals surface area contributed by atoms with E-state index in [1.54, 1.807) is 6.26 Å². The van der Waals surface area contributed by atoms with Gasteiger partial charge in [0.1, 0.15) is 11.9 Å². The molecule has 1 atom stereocenters. The highest BCUT2D eigenvalue weighted by molar-refractivity contribution is 7.98. The Hall–Kier alpha value is -1.12. The Kier molecular flexibility index (Phi) is 5.97. The van der Waals surface area contributed by atoms with Gasteiger partial charge in [0.25, 0.3) is 0 Å². The fourth-order valence-corrected chi connectivity index (χ4v) is 3.56. The van der Waals surface area contributed by atoms with E-state index in [2.05, 4.69) is 4.72 Å². The highest BCUT2D eigenvalue weighted by atomic mass is 32.2. The van der Waals surface area contributed by atoms with Crippen LogP contribution in [0.1, 0.15) is 12.0 Å². The van der Waals surface area contributed by atoms with Gasteiger partial charge in [-0.2, -0.15) is 16.5 Å². The summed E-state index contributed by atoms with van der Waals surface area (Å²) in [6.45, 7) is 1.45.